The number of rotatable bonds is 8. The largest absolute Gasteiger partial charge is 0.416 e. The van der Waals surface area contributed by atoms with Crippen LogP contribution in [0.25, 0.3) is 10.4 Å². The molecule has 1 saturated heterocycles. The second-order valence-electron chi connectivity index (χ2n) is 10.1. The van der Waals surface area contributed by atoms with Crippen molar-refractivity contribution < 1.29 is 22.8 Å². The number of anilines is 2. The molecule has 43 heavy (non-hydrogen) atoms. The van der Waals surface area contributed by atoms with Gasteiger partial charge in [0, 0.05) is 66.8 Å². The summed E-state index contributed by atoms with van der Waals surface area (Å²) in [7, 11) is 0. The van der Waals surface area contributed by atoms with Gasteiger partial charge in [0.05, 0.1) is 21.8 Å². The number of hydrogen-bond donors (Lipinski definition) is 2. The van der Waals surface area contributed by atoms with E-state index in [0.29, 0.717) is 18.7 Å². The molecule has 0 atom stereocenters. The third-order valence-corrected chi connectivity index (χ3v) is 8.51. The van der Waals surface area contributed by atoms with Crippen molar-refractivity contribution in [1.29, 1.82) is 0 Å². The van der Waals surface area contributed by atoms with E-state index in [1.807, 2.05) is 22.4 Å². The summed E-state index contributed by atoms with van der Waals surface area (Å²) in [5, 5.41) is 7.48. The molecule has 224 valence electrons. The average molecular weight is 628 g/mol. The number of thiophene rings is 1. The van der Waals surface area contributed by atoms with E-state index in [-0.39, 0.29) is 34.1 Å². The predicted molar refractivity (Wildman–Crippen MR) is 164 cm³/mol. The second-order valence-corrected chi connectivity index (χ2v) is 11.5. The first-order chi connectivity index (χ1) is 20.6. The third kappa shape index (κ3) is 7.61. The van der Waals surface area contributed by atoms with Crippen LogP contribution < -0.4 is 10.6 Å². The zero-order chi connectivity index (χ0) is 30.6. The SMILES string of the molecule is CCN1CCN(Cc2ccc(C(=O)Nc3ccc(Cl)c(NC(=O)c4cncc(-c5cccs5)c4)c3)cc2C(F)(F)F)CC1. The van der Waals surface area contributed by atoms with E-state index in [1.54, 1.807) is 12.3 Å². The molecule has 2 N–H and O–H groups in total. The number of amides is 2. The zero-order valence-corrected chi connectivity index (χ0v) is 24.8. The van der Waals surface area contributed by atoms with Gasteiger partial charge in [-0.05, 0) is 60.0 Å². The number of benzene rings is 2. The average Bonchev–Trinajstić information content (AvgIpc) is 3.54. The molecule has 3 heterocycles. The van der Waals surface area contributed by atoms with Gasteiger partial charge >= 0.3 is 6.18 Å². The molecule has 12 heteroatoms. The number of pyridine rings is 1. The van der Waals surface area contributed by atoms with E-state index < -0.39 is 23.6 Å². The van der Waals surface area contributed by atoms with E-state index in [4.69, 9.17) is 11.6 Å². The molecule has 7 nitrogen and oxygen atoms in total. The maximum absolute atomic E-state index is 14.0. The van der Waals surface area contributed by atoms with Crippen LogP contribution in [0.4, 0.5) is 24.5 Å². The molecular formula is C31H29ClF3N5O2S. The first kappa shape index (κ1) is 30.7. The molecule has 1 fully saturated rings. The molecule has 5 rings (SSSR count). The Bertz CT molecular complexity index is 1610. The lowest BCUT2D eigenvalue weighted by atomic mass is 10.0. The Balaban J connectivity index is 1.29. The maximum atomic E-state index is 14.0. The zero-order valence-electron chi connectivity index (χ0n) is 23.2. The normalized spacial score (nSPS) is 14.4. The summed E-state index contributed by atoms with van der Waals surface area (Å²) >= 11 is 7.83. The summed E-state index contributed by atoms with van der Waals surface area (Å²) in [5.74, 6) is -1.18. The van der Waals surface area contributed by atoms with Crippen LogP contribution in [0, 0.1) is 0 Å². The lowest BCUT2D eigenvalue weighted by molar-refractivity contribution is -0.138. The molecule has 1 aliphatic heterocycles. The van der Waals surface area contributed by atoms with Crippen molar-refractivity contribution >= 4 is 46.1 Å². The number of piperazine rings is 1. The standard InChI is InChI=1S/C31H29ClF3N5O2S/c1-2-39-9-11-40(12-10-39)19-21-6-5-20(15-25(21)31(33,34)35)29(41)37-24-7-8-26(32)27(16-24)38-30(42)23-14-22(17-36-18-23)28-4-3-13-43-28/h3-8,13-18H,2,9-12,19H2,1H3,(H,37,41)(H,38,42). The number of nitrogens with one attached hydrogen (secondary N) is 2. The number of nitrogens with zero attached hydrogens (tertiary/aromatic N) is 3. The van der Waals surface area contributed by atoms with Crippen molar-refractivity contribution in [3.8, 4) is 10.4 Å². The van der Waals surface area contributed by atoms with Crippen LogP contribution >= 0.6 is 22.9 Å². The number of likely N-dealkylation sites (N-methyl/N-ethyl adjacent to an activating group) is 1. The van der Waals surface area contributed by atoms with Gasteiger partial charge in [-0.25, -0.2) is 0 Å². The Morgan fingerprint density at radius 3 is 2.37 bits per heavy atom. The van der Waals surface area contributed by atoms with Crippen LogP contribution in [0.2, 0.25) is 5.02 Å². The molecule has 0 radical (unpaired) electrons. The Hall–Kier alpha value is -3.77. The molecule has 0 bridgehead atoms. The van der Waals surface area contributed by atoms with Crippen molar-refractivity contribution in [3.63, 3.8) is 0 Å². The summed E-state index contributed by atoms with van der Waals surface area (Å²) in [6, 6.07) is 13.6. The Morgan fingerprint density at radius 1 is 0.930 bits per heavy atom. The van der Waals surface area contributed by atoms with Gasteiger partial charge in [-0.1, -0.05) is 30.7 Å². The molecule has 2 aromatic carbocycles. The van der Waals surface area contributed by atoms with Crippen LogP contribution in [0.3, 0.4) is 0 Å². The van der Waals surface area contributed by atoms with Gasteiger partial charge < -0.3 is 15.5 Å². The van der Waals surface area contributed by atoms with Crippen molar-refractivity contribution in [2.75, 3.05) is 43.4 Å². The molecule has 2 amide bonds. The molecule has 1 aliphatic rings. The summed E-state index contributed by atoms with van der Waals surface area (Å²) in [4.78, 5) is 35.4. The second kappa shape index (κ2) is 13.3. The van der Waals surface area contributed by atoms with Crippen molar-refractivity contribution in [2.45, 2.75) is 19.6 Å². The van der Waals surface area contributed by atoms with Crippen LogP contribution in [0.1, 0.15) is 38.8 Å². The van der Waals surface area contributed by atoms with Gasteiger partial charge in [0.2, 0.25) is 0 Å². The van der Waals surface area contributed by atoms with Gasteiger partial charge in [-0.2, -0.15) is 13.2 Å². The monoisotopic (exact) mass is 627 g/mol. The highest BCUT2D eigenvalue weighted by Gasteiger charge is 2.34. The molecule has 0 spiro atoms. The number of halogens is 4. The number of carbonyl (C=O) groups is 2. The summed E-state index contributed by atoms with van der Waals surface area (Å²) < 4.78 is 42.1. The van der Waals surface area contributed by atoms with Crippen molar-refractivity contribution in [3.05, 3.63) is 99.6 Å². The molecule has 0 saturated carbocycles. The van der Waals surface area contributed by atoms with Gasteiger partial charge in [0.25, 0.3) is 11.8 Å². The molecule has 0 aliphatic carbocycles. The Morgan fingerprint density at radius 2 is 1.67 bits per heavy atom. The highest BCUT2D eigenvalue weighted by molar-refractivity contribution is 7.13. The van der Waals surface area contributed by atoms with Crippen molar-refractivity contribution in [2.24, 2.45) is 0 Å². The molecule has 2 aromatic heterocycles. The van der Waals surface area contributed by atoms with Crippen LogP contribution in [0.15, 0.2) is 72.4 Å². The number of carbonyl (C=O) groups excluding carboxylic acids is 2. The number of aromatic nitrogens is 1. The maximum Gasteiger partial charge on any atom is 0.416 e. The minimum Gasteiger partial charge on any atom is -0.322 e. The fraction of sp³-hybridized carbons (Fsp3) is 0.258. The lowest BCUT2D eigenvalue weighted by Crippen LogP contribution is -2.45. The van der Waals surface area contributed by atoms with Gasteiger partial charge in [-0.3, -0.25) is 19.5 Å². The lowest BCUT2D eigenvalue weighted by Gasteiger charge is -2.34. The topological polar surface area (TPSA) is 77.6 Å². The number of alkyl halides is 3. The summed E-state index contributed by atoms with van der Waals surface area (Å²) in [6.45, 7) is 6.10. The Labute approximate surface area is 256 Å². The van der Waals surface area contributed by atoms with E-state index in [2.05, 4.69) is 27.4 Å². The minimum absolute atomic E-state index is 0.128. The minimum atomic E-state index is -4.62. The third-order valence-electron chi connectivity index (χ3n) is 7.26. The van der Waals surface area contributed by atoms with Crippen LogP contribution in [0.5, 0.6) is 0 Å². The van der Waals surface area contributed by atoms with Crippen LogP contribution in [-0.4, -0.2) is 59.3 Å². The fourth-order valence-corrected chi connectivity index (χ4v) is 5.74. The van der Waals surface area contributed by atoms with Gasteiger partial charge in [0.1, 0.15) is 0 Å². The predicted octanol–water partition coefficient (Wildman–Crippen LogP) is 7.12. The van der Waals surface area contributed by atoms with Crippen molar-refractivity contribution in [1.82, 2.24) is 14.8 Å². The summed E-state index contributed by atoms with van der Waals surface area (Å²) in [6.07, 6.45) is -1.53. The Kier molecular flexibility index (Phi) is 9.46. The number of hydrogen-bond acceptors (Lipinski definition) is 6. The van der Waals surface area contributed by atoms with Gasteiger partial charge in [0.15, 0.2) is 0 Å². The quantitative estimate of drug-likeness (QED) is 0.217. The fourth-order valence-electron chi connectivity index (χ4n) is 4.86. The first-order valence-corrected chi connectivity index (χ1v) is 14.9. The molecule has 0 unspecified atom stereocenters. The smallest absolute Gasteiger partial charge is 0.322 e. The highest BCUT2D eigenvalue weighted by Crippen LogP contribution is 2.34. The highest BCUT2D eigenvalue weighted by atomic mass is 35.5. The summed E-state index contributed by atoms with van der Waals surface area (Å²) in [5.41, 5.74) is 0.732. The van der Waals surface area contributed by atoms with E-state index >= 15 is 0 Å². The van der Waals surface area contributed by atoms with E-state index in [0.717, 1.165) is 36.1 Å². The van der Waals surface area contributed by atoms with E-state index in [9.17, 15) is 22.8 Å². The molecule has 4 aromatic rings. The van der Waals surface area contributed by atoms with Crippen LogP contribution in [-0.2, 0) is 12.7 Å². The molecular weight excluding hydrogens is 599 g/mol. The van der Waals surface area contributed by atoms with E-state index in [1.165, 1.54) is 47.9 Å². The van der Waals surface area contributed by atoms with Gasteiger partial charge in [-0.15, -0.1) is 11.3 Å². The first-order valence-electron chi connectivity index (χ1n) is 13.7.